The van der Waals surface area contributed by atoms with Crippen molar-refractivity contribution in [3.8, 4) is 0 Å². The highest BCUT2D eigenvalue weighted by atomic mass is 19.1. The Balaban J connectivity index is 2.04. The third kappa shape index (κ3) is 2.78. The molecule has 1 aliphatic rings. The number of benzene rings is 1. The Hall–Kier alpha value is -1.42. The summed E-state index contributed by atoms with van der Waals surface area (Å²) < 4.78 is 12.9. The molecule has 0 bridgehead atoms. The van der Waals surface area contributed by atoms with Crippen LogP contribution in [0.3, 0.4) is 0 Å². The minimum absolute atomic E-state index is 0.00525. The number of carbonyl (C=O) groups is 1. The van der Waals surface area contributed by atoms with E-state index in [0.717, 1.165) is 24.8 Å². The average Bonchev–Trinajstić information content (AvgIpc) is 2.71. The minimum Gasteiger partial charge on any atom is -0.349 e. The van der Waals surface area contributed by atoms with Gasteiger partial charge in [0.05, 0.1) is 11.5 Å². The molecule has 1 saturated carbocycles. The number of nitrogens with one attached hydrogen (secondary N) is 1. The highest BCUT2D eigenvalue weighted by Gasteiger charge is 2.43. The lowest BCUT2D eigenvalue weighted by Gasteiger charge is -2.29. The topological polar surface area (TPSA) is 55.1 Å². The predicted molar refractivity (Wildman–Crippen MR) is 72.9 cm³/mol. The lowest BCUT2D eigenvalue weighted by atomic mass is 9.84. The summed E-state index contributed by atoms with van der Waals surface area (Å²) in [6.45, 7) is 3.83. The van der Waals surface area contributed by atoms with Crippen molar-refractivity contribution in [2.75, 3.05) is 0 Å². The molecule has 0 radical (unpaired) electrons. The van der Waals surface area contributed by atoms with Crippen molar-refractivity contribution in [1.29, 1.82) is 0 Å². The maximum Gasteiger partial charge on any atom is 0.227 e. The maximum atomic E-state index is 12.9. The van der Waals surface area contributed by atoms with E-state index in [2.05, 4.69) is 5.32 Å². The van der Waals surface area contributed by atoms with Gasteiger partial charge in [0.2, 0.25) is 5.91 Å². The molecule has 0 spiro atoms. The highest BCUT2D eigenvalue weighted by molar-refractivity contribution is 5.83. The molecule has 1 amide bonds. The zero-order valence-corrected chi connectivity index (χ0v) is 11.4. The van der Waals surface area contributed by atoms with Gasteiger partial charge in [-0.05, 0) is 44.4 Å². The van der Waals surface area contributed by atoms with E-state index in [-0.39, 0.29) is 23.8 Å². The fourth-order valence-corrected chi connectivity index (χ4v) is 2.67. The number of hydrogen-bond donors (Lipinski definition) is 2. The molecule has 1 aliphatic carbocycles. The van der Waals surface area contributed by atoms with Gasteiger partial charge in [-0.3, -0.25) is 4.79 Å². The molecule has 1 aromatic rings. The van der Waals surface area contributed by atoms with Crippen LogP contribution in [0.4, 0.5) is 4.39 Å². The van der Waals surface area contributed by atoms with E-state index in [0.29, 0.717) is 0 Å². The number of rotatable bonds is 3. The van der Waals surface area contributed by atoms with Crippen LogP contribution in [-0.2, 0) is 4.79 Å². The van der Waals surface area contributed by atoms with Crippen molar-refractivity contribution >= 4 is 5.91 Å². The molecule has 0 heterocycles. The number of amides is 1. The summed E-state index contributed by atoms with van der Waals surface area (Å²) in [5.41, 5.74) is 6.45. The predicted octanol–water partition coefficient (Wildman–Crippen LogP) is 2.52. The van der Waals surface area contributed by atoms with Crippen LogP contribution in [-0.4, -0.2) is 11.9 Å². The van der Waals surface area contributed by atoms with Crippen LogP contribution in [0, 0.1) is 11.2 Å². The third-order valence-corrected chi connectivity index (χ3v) is 4.27. The number of nitrogens with two attached hydrogens (primary N) is 1. The van der Waals surface area contributed by atoms with Gasteiger partial charge in [0.15, 0.2) is 0 Å². The Morgan fingerprint density at radius 3 is 2.63 bits per heavy atom. The van der Waals surface area contributed by atoms with Gasteiger partial charge >= 0.3 is 0 Å². The van der Waals surface area contributed by atoms with Crippen LogP contribution >= 0.6 is 0 Å². The first-order chi connectivity index (χ1) is 8.93. The molecule has 1 aromatic carbocycles. The molecule has 3 atom stereocenters. The van der Waals surface area contributed by atoms with E-state index >= 15 is 0 Å². The fraction of sp³-hybridized carbons (Fsp3) is 0.533. The van der Waals surface area contributed by atoms with E-state index in [4.69, 9.17) is 5.73 Å². The van der Waals surface area contributed by atoms with Crippen molar-refractivity contribution < 1.29 is 9.18 Å². The molecule has 2 unspecified atom stereocenters. The van der Waals surface area contributed by atoms with Crippen molar-refractivity contribution in [2.24, 2.45) is 11.1 Å². The summed E-state index contributed by atoms with van der Waals surface area (Å²) in [7, 11) is 0. The second-order valence-corrected chi connectivity index (χ2v) is 5.66. The Labute approximate surface area is 113 Å². The van der Waals surface area contributed by atoms with Crippen LogP contribution in [0.15, 0.2) is 24.3 Å². The minimum atomic E-state index is -0.478. The second-order valence-electron chi connectivity index (χ2n) is 5.66. The summed E-state index contributed by atoms with van der Waals surface area (Å²) in [6, 6.07) is 5.97. The molecule has 3 nitrogen and oxygen atoms in total. The standard InChI is InChI=1S/C15H21FN2O/c1-10(11-5-7-12(16)8-6-11)18-14(19)15(2)9-3-4-13(15)17/h5-8,10,13H,3-4,9,17H2,1-2H3,(H,18,19)/t10-,13?,15?/m1/s1. The Kier molecular flexibility index (Phi) is 3.90. The molecule has 3 N–H and O–H groups in total. The molecule has 0 aromatic heterocycles. The molecule has 0 saturated heterocycles. The van der Waals surface area contributed by atoms with E-state index < -0.39 is 5.41 Å². The number of carbonyl (C=O) groups excluding carboxylic acids is 1. The molecule has 0 aliphatic heterocycles. The van der Waals surface area contributed by atoms with E-state index in [1.54, 1.807) is 12.1 Å². The van der Waals surface area contributed by atoms with Crippen LogP contribution in [0.25, 0.3) is 0 Å². The van der Waals surface area contributed by atoms with Gasteiger partial charge < -0.3 is 11.1 Å². The monoisotopic (exact) mass is 264 g/mol. The SMILES string of the molecule is C[C@@H](NC(=O)C1(C)CCCC1N)c1ccc(F)cc1. The number of halogens is 1. The van der Waals surface area contributed by atoms with Crippen molar-refractivity contribution in [2.45, 2.75) is 45.2 Å². The quantitative estimate of drug-likeness (QED) is 0.881. The molecule has 4 heteroatoms. The summed E-state index contributed by atoms with van der Waals surface area (Å²) in [5.74, 6) is -0.277. The van der Waals surface area contributed by atoms with Crippen LogP contribution in [0.2, 0.25) is 0 Å². The summed E-state index contributed by atoms with van der Waals surface area (Å²) >= 11 is 0. The van der Waals surface area contributed by atoms with Gasteiger partial charge in [-0.25, -0.2) is 4.39 Å². The van der Waals surface area contributed by atoms with Crippen molar-refractivity contribution in [1.82, 2.24) is 5.32 Å². The fourth-order valence-electron chi connectivity index (χ4n) is 2.67. The van der Waals surface area contributed by atoms with Gasteiger partial charge in [0.25, 0.3) is 0 Å². The van der Waals surface area contributed by atoms with Crippen LogP contribution < -0.4 is 11.1 Å². The molecule has 19 heavy (non-hydrogen) atoms. The normalized spacial score (nSPS) is 28.1. The van der Waals surface area contributed by atoms with Gasteiger partial charge in [0, 0.05) is 6.04 Å². The second kappa shape index (κ2) is 5.29. The molecule has 104 valence electrons. The molecular formula is C15H21FN2O. The van der Waals surface area contributed by atoms with Crippen molar-refractivity contribution in [3.63, 3.8) is 0 Å². The summed E-state index contributed by atoms with van der Waals surface area (Å²) in [4.78, 5) is 12.4. The zero-order chi connectivity index (χ0) is 14.0. The van der Waals surface area contributed by atoms with Gasteiger partial charge in [0.1, 0.15) is 5.82 Å². The van der Waals surface area contributed by atoms with Gasteiger partial charge in [-0.2, -0.15) is 0 Å². The highest BCUT2D eigenvalue weighted by Crippen LogP contribution is 2.37. The van der Waals surface area contributed by atoms with E-state index in [1.165, 1.54) is 12.1 Å². The van der Waals surface area contributed by atoms with E-state index in [9.17, 15) is 9.18 Å². The summed E-state index contributed by atoms with van der Waals surface area (Å²) in [6.07, 6.45) is 2.72. The maximum absolute atomic E-state index is 12.9. The number of hydrogen-bond acceptors (Lipinski definition) is 2. The molecule has 2 rings (SSSR count). The first kappa shape index (κ1) is 14.0. The van der Waals surface area contributed by atoms with Gasteiger partial charge in [-0.1, -0.05) is 18.6 Å². The molecule has 1 fully saturated rings. The smallest absolute Gasteiger partial charge is 0.227 e. The van der Waals surface area contributed by atoms with Crippen LogP contribution in [0.1, 0.15) is 44.7 Å². The average molecular weight is 264 g/mol. The van der Waals surface area contributed by atoms with Crippen molar-refractivity contribution in [3.05, 3.63) is 35.6 Å². The first-order valence-electron chi connectivity index (χ1n) is 6.75. The zero-order valence-electron chi connectivity index (χ0n) is 11.4. The Bertz CT molecular complexity index is 460. The largest absolute Gasteiger partial charge is 0.349 e. The first-order valence-corrected chi connectivity index (χ1v) is 6.75. The van der Waals surface area contributed by atoms with Crippen LogP contribution in [0.5, 0.6) is 0 Å². The Morgan fingerprint density at radius 1 is 1.47 bits per heavy atom. The van der Waals surface area contributed by atoms with E-state index in [1.807, 2.05) is 13.8 Å². The van der Waals surface area contributed by atoms with Gasteiger partial charge in [-0.15, -0.1) is 0 Å². The lowest BCUT2D eigenvalue weighted by Crippen LogP contribution is -2.47. The molecular weight excluding hydrogens is 243 g/mol. The Morgan fingerprint density at radius 2 is 2.11 bits per heavy atom. The lowest BCUT2D eigenvalue weighted by molar-refractivity contribution is -0.131. The third-order valence-electron chi connectivity index (χ3n) is 4.27. The summed E-state index contributed by atoms with van der Waals surface area (Å²) in [5, 5.41) is 2.99.